The lowest BCUT2D eigenvalue weighted by Crippen LogP contribution is -2.48. The van der Waals surface area contributed by atoms with Gasteiger partial charge in [0, 0.05) is 38.6 Å². The van der Waals surface area contributed by atoms with E-state index in [-0.39, 0.29) is 25.0 Å². The van der Waals surface area contributed by atoms with Crippen molar-refractivity contribution in [2.75, 3.05) is 19.6 Å². The van der Waals surface area contributed by atoms with Crippen LogP contribution in [0.15, 0.2) is 24.3 Å². The molecule has 126 valence electrons. The van der Waals surface area contributed by atoms with Gasteiger partial charge in [0.1, 0.15) is 0 Å². The molecule has 6 nitrogen and oxygen atoms in total. The molecule has 0 aromatic heterocycles. The molecule has 1 aliphatic heterocycles. The topological polar surface area (TPSA) is 87.5 Å². The highest BCUT2D eigenvalue weighted by atomic mass is 16.2. The predicted octanol–water partition coefficient (Wildman–Crippen LogP) is 1.13. The second-order valence-electron chi connectivity index (χ2n) is 6.09. The number of aryl methyl sites for hydroxylation is 1. The molecular formula is C17H26N4O2. The van der Waals surface area contributed by atoms with E-state index in [1.165, 1.54) is 11.1 Å². The summed E-state index contributed by atoms with van der Waals surface area (Å²) in [6.45, 7) is 5.33. The van der Waals surface area contributed by atoms with E-state index in [4.69, 9.17) is 5.73 Å². The van der Waals surface area contributed by atoms with Crippen molar-refractivity contribution in [3.8, 4) is 0 Å². The van der Waals surface area contributed by atoms with Crippen LogP contribution in [0.25, 0.3) is 0 Å². The summed E-state index contributed by atoms with van der Waals surface area (Å²) in [7, 11) is 0. The van der Waals surface area contributed by atoms with E-state index in [2.05, 4.69) is 46.7 Å². The third-order valence-electron chi connectivity index (χ3n) is 4.23. The number of likely N-dealkylation sites (tertiary alicyclic amines) is 1. The highest BCUT2D eigenvalue weighted by molar-refractivity contribution is 5.77. The molecular weight excluding hydrogens is 292 g/mol. The normalized spacial score (nSPS) is 16.0. The Labute approximate surface area is 137 Å². The smallest absolute Gasteiger partial charge is 0.315 e. The van der Waals surface area contributed by atoms with Crippen LogP contribution in [0, 0.1) is 6.92 Å². The maximum Gasteiger partial charge on any atom is 0.315 e. The van der Waals surface area contributed by atoms with Crippen LogP contribution in [-0.4, -0.2) is 42.5 Å². The van der Waals surface area contributed by atoms with Crippen LogP contribution >= 0.6 is 0 Å². The SMILES string of the molecule is Cc1ccccc1CN1CCC(NC(=O)NCCC(N)=O)CC1. The van der Waals surface area contributed by atoms with Gasteiger partial charge in [0.25, 0.3) is 0 Å². The molecule has 6 heteroatoms. The van der Waals surface area contributed by atoms with Gasteiger partial charge in [-0.1, -0.05) is 24.3 Å². The van der Waals surface area contributed by atoms with Crippen molar-refractivity contribution in [1.82, 2.24) is 15.5 Å². The first-order chi connectivity index (χ1) is 11.0. The number of amides is 3. The van der Waals surface area contributed by atoms with E-state index < -0.39 is 5.91 Å². The number of rotatable bonds is 6. The van der Waals surface area contributed by atoms with Crippen molar-refractivity contribution < 1.29 is 9.59 Å². The minimum Gasteiger partial charge on any atom is -0.370 e. The van der Waals surface area contributed by atoms with Gasteiger partial charge in [-0.2, -0.15) is 0 Å². The van der Waals surface area contributed by atoms with Crippen molar-refractivity contribution >= 4 is 11.9 Å². The summed E-state index contributed by atoms with van der Waals surface area (Å²) in [5.74, 6) is -0.408. The van der Waals surface area contributed by atoms with Gasteiger partial charge < -0.3 is 16.4 Å². The van der Waals surface area contributed by atoms with Gasteiger partial charge in [0.05, 0.1) is 0 Å². The molecule has 4 N–H and O–H groups in total. The van der Waals surface area contributed by atoms with Gasteiger partial charge in [-0.05, 0) is 30.9 Å². The standard InChI is InChI=1S/C17H26N4O2/c1-13-4-2-3-5-14(13)12-21-10-7-15(8-11-21)20-17(23)19-9-6-16(18)22/h2-5,15H,6-12H2,1H3,(H2,18,22)(H2,19,20,23). The van der Waals surface area contributed by atoms with E-state index in [0.29, 0.717) is 0 Å². The van der Waals surface area contributed by atoms with Gasteiger partial charge in [-0.15, -0.1) is 0 Å². The van der Waals surface area contributed by atoms with Crippen LogP contribution in [-0.2, 0) is 11.3 Å². The average molecular weight is 318 g/mol. The molecule has 1 saturated heterocycles. The number of piperidine rings is 1. The fourth-order valence-electron chi connectivity index (χ4n) is 2.80. The molecule has 0 spiro atoms. The maximum absolute atomic E-state index is 11.7. The molecule has 23 heavy (non-hydrogen) atoms. The number of nitrogens with one attached hydrogen (secondary N) is 2. The van der Waals surface area contributed by atoms with Gasteiger partial charge in [-0.3, -0.25) is 9.69 Å². The number of carbonyl (C=O) groups is 2. The highest BCUT2D eigenvalue weighted by Crippen LogP contribution is 2.16. The molecule has 0 bridgehead atoms. The summed E-state index contributed by atoms with van der Waals surface area (Å²) >= 11 is 0. The molecule has 2 rings (SSSR count). The molecule has 1 heterocycles. The van der Waals surface area contributed by atoms with Crippen LogP contribution in [0.2, 0.25) is 0 Å². The number of urea groups is 1. The summed E-state index contributed by atoms with van der Waals surface area (Å²) < 4.78 is 0. The third kappa shape index (κ3) is 5.90. The van der Waals surface area contributed by atoms with Gasteiger partial charge in [-0.25, -0.2) is 4.79 Å². The first-order valence-corrected chi connectivity index (χ1v) is 8.14. The molecule has 1 fully saturated rings. The third-order valence-corrected chi connectivity index (χ3v) is 4.23. The number of hydrogen-bond acceptors (Lipinski definition) is 3. The van der Waals surface area contributed by atoms with Crippen molar-refractivity contribution in [2.24, 2.45) is 5.73 Å². The zero-order chi connectivity index (χ0) is 16.7. The molecule has 1 aliphatic rings. The number of hydrogen-bond donors (Lipinski definition) is 3. The Hall–Kier alpha value is -2.08. The Kier molecular flexibility index (Phi) is 6.40. The van der Waals surface area contributed by atoms with Crippen LogP contribution in [0.1, 0.15) is 30.4 Å². The summed E-state index contributed by atoms with van der Waals surface area (Å²) in [6, 6.07) is 8.42. The summed E-state index contributed by atoms with van der Waals surface area (Å²) in [4.78, 5) is 24.8. The first kappa shape index (κ1) is 17.3. The van der Waals surface area contributed by atoms with Crippen molar-refractivity contribution in [2.45, 2.75) is 38.8 Å². The summed E-state index contributed by atoms with van der Waals surface area (Å²) in [6.07, 6.45) is 2.05. The molecule has 1 aromatic rings. The summed E-state index contributed by atoms with van der Waals surface area (Å²) in [5, 5.41) is 5.61. The number of benzene rings is 1. The Morgan fingerprint density at radius 1 is 1.26 bits per heavy atom. The second-order valence-corrected chi connectivity index (χ2v) is 6.09. The van der Waals surface area contributed by atoms with Crippen LogP contribution in [0.5, 0.6) is 0 Å². The Balaban J connectivity index is 1.68. The van der Waals surface area contributed by atoms with E-state index in [0.717, 1.165) is 32.5 Å². The Morgan fingerprint density at radius 3 is 2.61 bits per heavy atom. The average Bonchev–Trinajstić information content (AvgIpc) is 2.51. The quantitative estimate of drug-likeness (QED) is 0.735. The fourth-order valence-corrected chi connectivity index (χ4v) is 2.80. The zero-order valence-corrected chi connectivity index (χ0v) is 13.7. The fraction of sp³-hybridized carbons (Fsp3) is 0.529. The van der Waals surface area contributed by atoms with Crippen LogP contribution in [0.4, 0.5) is 4.79 Å². The van der Waals surface area contributed by atoms with E-state index in [1.807, 2.05) is 0 Å². The lowest BCUT2D eigenvalue weighted by Gasteiger charge is -2.32. The molecule has 0 atom stereocenters. The Bertz CT molecular complexity index is 539. The largest absolute Gasteiger partial charge is 0.370 e. The van der Waals surface area contributed by atoms with Crippen LogP contribution in [0.3, 0.4) is 0 Å². The minimum absolute atomic E-state index is 0.169. The molecule has 0 aliphatic carbocycles. The van der Waals surface area contributed by atoms with E-state index in [9.17, 15) is 9.59 Å². The van der Waals surface area contributed by atoms with E-state index in [1.54, 1.807) is 0 Å². The van der Waals surface area contributed by atoms with Gasteiger partial charge >= 0.3 is 6.03 Å². The number of primary amides is 1. The maximum atomic E-state index is 11.7. The van der Waals surface area contributed by atoms with Crippen LogP contribution < -0.4 is 16.4 Å². The first-order valence-electron chi connectivity index (χ1n) is 8.14. The lowest BCUT2D eigenvalue weighted by atomic mass is 10.0. The lowest BCUT2D eigenvalue weighted by molar-refractivity contribution is -0.117. The minimum atomic E-state index is -0.408. The summed E-state index contributed by atoms with van der Waals surface area (Å²) in [5.41, 5.74) is 7.72. The second kappa shape index (κ2) is 8.53. The van der Waals surface area contributed by atoms with Crippen molar-refractivity contribution in [1.29, 1.82) is 0 Å². The molecule has 1 aromatic carbocycles. The molecule has 0 radical (unpaired) electrons. The van der Waals surface area contributed by atoms with E-state index >= 15 is 0 Å². The number of nitrogens with zero attached hydrogens (tertiary/aromatic N) is 1. The molecule has 3 amide bonds. The van der Waals surface area contributed by atoms with Gasteiger partial charge in [0.15, 0.2) is 0 Å². The number of nitrogens with two attached hydrogens (primary N) is 1. The van der Waals surface area contributed by atoms with Gasteiger partial charge in [0.2, 0.25) is 5.91 Å². The zero-order valence-electron chi connectivity index (χ0n) is 13.7. The predicted molar refractivity (Wildman–Crippen MR) is 89.8 cm³/mol. The number of carbonyl (C=O) groups excluding carboxylic acids is 2. The van der Waals surface area contributed by atoms with Crippen molar-refractivity contribution in [3.63, 3.8) is 0 Å². The molecule has 0 unspecified atom stereocenters. The van der Waals surface area contributed by atoms with Crippen molar-refractivity contribution in [3.05, 3.63) is 35.4 Å². The monoisotopic (exact) mass is 318 g/mol. The molecule has 0 saturated carbocycles. The Morgan fingerprint density at radius 2 is 1.96 bits per heavy atom. The highest BCUT2D eigenvalue weighted by Gasteiger charge is 2.20.